The van der Waals surface area contributed by atoms with Crippen LogP contribution in [0.3, 0.4) is 0 Å². The lowest BCUT2D eigenvalue weighted by molar-refractivity contribution is -0.116. The summed E-state index contributed by atoms with van der Waals surface area (Å²) in [5.74, 6) is 0.908. The maximum absolute atomic E-state index is 12.2. The molecule has 1 aliphatic heterocycles. The van der Waals surface area contributed by atoms with E-state index in [-0.39, 0.29) is 5.91 Å². The van der Waals surface area contributed by atoms with E-state index >= 15 is 0 Å². The molecule has 3 rings (SSSR count). The van der Waals surface area contributed by atoms with Crippen molar-refractivity contribution in [2.75, 3.05) is 30.4 Å². The molecule has 0 aromatic heterocycles. The molecule has 0 radical (unpaired) electrons. The number of nitrogens with one attached hydrogen (secondary N) is 1. The van der Waals surface area contributed by atoms with Crippen LogP contribution in [0.15, 0.2) is 24.3 Å². The van der Waals surface area contributed by atoms with Gasteiger partial charge in [0.15, 0.2) is 0 Å². The molecule has 4 heteroatoms. The minimum Gasteiger partial charge on any atom is -0.380 e. The number of ether oxygens (including phenoxy) is 1. The molecule has 1 unspecified atom stereocenters. The van der Waals surface area contributed by atoms with E-state index in [1.807, 2.05) is 12.1 Å². The van der Waals surface area contributed by atoms with Crippen LogP contribution in [0.4, 0.5) is 11.4 Å². The van der Waals surface area contributed by atoms with E-state index in [9.17, 15) is 4.79 Å². The summed E-state index contributed by atoms with van der Waals surface area (Å²) >= 11 is 0. The van der Waals surface area contributed by atoms with E-state index < -0.39 is 0 Å². The van der Waals surface area contributed by atoms with Gasteiger partial charge in [0, 0.05) is 38.0 Å². The zero-order valence-corrected chi connectivity index (χ0v) is 15.5. The van der Waals surface area contributed by atoms with Crippen molar-refractivity contribution in [1.29, 1.82) is 0 Å². The molecule has 1 aliphatic carbocycles. The van der Waals surface area contributed by atoms with Gasteiger partial charge in [0.2, 0.25) is 5.91 Å². The molecule has 0 bridgehead atoms. The monoisotopic (exact) mass is 344 g/mol. The van der Waals surface area contributed by atoms with Crippen molar-refractivity contribution in [3.63, 3.8) is 0 Å². The molecule has 1 saturated carbocycles. The molecular weight excluding hydrogens is 312 g/mol. The Labute approximate surface area is 151 Å². The molecule has 1 saturated heterocycles. The topological polar surface area (TPSA) is 41.6 Å². The predicted octanol–water partition coefficient (Wildman–Crippen LogP) is 4.60. The molecule has 0 spiro atoms. The Kier molecular flexibility index (Phi) is 6.74. The van der Waals surface area contributed by atoms with Gasteiger partial charge >= 0.3 is 0 Å². The number of rotatable bonds is 6. The summed E-state index contributed by atoms with van der Waals surface area (Å²) in [5, 5.41) is 3.05. The van der Waals surface area contributed by atoms with Crippen LogP contribution in [-0.4, -0.2) is 32.2 Å². The highest BCUT2D eigenvalue weighted by Crippen LogP contribution is 2.27. The van der Waals surface area contributed by atoms with E-state index in [0.29, 0.717) is 12.5 Å². The normalized spacial score (nSPS) is 22.0. The molecule has 1 aromatic carbocycles. The third-order valence-electron chi connectivity index (χ3n) is 5.73. The SMILES string of the molecule is COC1CCCN(c2ccc(NC(=O)CCC3CCCCC3)cc2)C1. The van der Waals surface area contributed by atoms with E-state index in [1.54, 1.807) is 7.11 Å². The minimum absolute atomic E-state index is 0.149. The lowest BCUT2D eigenvalue weighted by Crippen LogP contribution is -2.39. The van der Waals surface area contributed by atoms with Gasteiger partial charge in [0.25, 0.3) is 0 Å². The minimum atomic E-state index is 0.149. The van der Waals surface area contributed by atoms with E-state index in [2.05, 4.69) is 22.3 Å². The lowest BCUT2D eigenvalue weighted by atomic mass is 9.86. The molecule has 138 valence electrons. The highest BCUT2D eigenvalue weighted by molar-refractivity contribution is 5.90. The van der Waals surface area contributed by atoms with Crippen molar-refractivity contribution in [1.82, 2.24) is 0 Å². The van der Waals surface area contributed by atoms with Gasteiger partial charge in [-0.05, 0) is 49.4 Å². The summed E-state index contributed by atoms with van der Waals surface area (Å²) in [6.45, 7) is 2.02. The zero-order chi connectivity index (χ0) is 17.5. The van der Waals surface area contributed by atoms with Crippen molar-refractivity contribution in [2.45, 2.75) is 63.9 Å². The fourth-order valence-corrected chi connectivity index (χ4v) is 4.16. The molecule has 4 nitrogen and oxygen atoms in total. The summed E-state index contributed by atoms with van der Waals surface area (Å²) in [4.78, 5) is 14.6. The molecule has 25 heavy (non-hydrogen) atoms. The number of benzene rings is 1. The second-order valence-corrected chi connectivity index (χ2v) is 7.58. The molecule has 1 N–H and O–H groups in total. The third-order valence-corrected chi connectivity index (χ3v) is 5.73. The van der Waals surface area contributed by atoms with Crippen LogP contribution < -0.4 is 10.2 Å². The van der Waals surface area contributed by atoms with Crippen molar-refractivity contribution in [2.24, 2.45) is 5.92 Å². The van der Waals surface area contributed by atoms with E-state index in [0.717, 1.165) is 44.0 Å². The number of nitrogens with zero attached hydrogens (tertiary/aromatic N) is 1. The van der Waals surface area contributed by atoms with Gasteiger partial charge in [-0.1, -0.05) is 32.1 Å². The number of hydrogen-bond donors (Lipinski definition) is 1. The maximum atomic E-state index is 12.2. The van der Waals surface area contributed by atoms with Gasteiger partial charge in [0.05, 0.1) is 6.10 Å². The second kappa shape index (κ2) is 9.23. The van der Waals surface area contributed by atoms with E-state index in [1.165, 1.54) is 37.8 Å². The first-order chi connectivity index (χ1) is 12.2. The standard InChI is InChI=1S/C21H32N2O2/c1-25-20-8-5-15-23(16-20)19-12-10-18(11-13-19)22-21(24)14-9-17-6-3-2-4-7-17/h10-13,17,20H,2-9,14-16H2,1H3,(H,22,24). The molecule has 1 heterocycles. The van der Waals surface area contributed by atoms with Crippen LogP contribution in [0.1, 0.15) is 57.8 Å². The lowest BCUT2D eigenvalue weighted by Gasteiger charge is -2.33. The molecule has 2 aliphatic rings. The van der Waals surface area contributed by atoms with Gasteiger partial charge in [-0.3, -0.25) is 4.79 Å². The fraction of sp³-hybridized carbons (Fsp3) is 0.667. The summed E-state index contributed by atoms with van der Waals surface area (Å²) < 4.78 is 5.50. The van der Waals surface area contributed by atoms with Gasteiger partial charge in [-0.25, -0.2) is 0 Å². The number of piperidine rings is 1. The Hall–Kier alpha value is -1.55. The van der Waals surface area contributed by atoms with Crippen LogP contribution >= 0.6 is 0 Å². The van der Waals surface area contributed by atoms with Crippen molar-refractivity contribution in [3.8, 4) is 0 Å². The summed E-state index contributed by atoms with van der Waals surface area (Å²) in [7, 11) is 1.79. The number of anilines is 2. The van der Waals surface area contributed by atoms with Gasteiger partial charge in [-0.15, -0.1) is 0 Å². The Balaban J connectivity index is 1.46. The molecule has 2 fully saturated rings. The van der Waals surface area contributed by atoms with Crippen LogP contribution in [0.5, 0.6) is 0 Å². The average Bonchev–Trinajstić information content (AvgIpc) is 2.68. The third kappa shape index (κ3) is 5.46. The first-order valence-electron chi connectivity index (χ1n) is 9.92. The Bertz CT molecular complexity index is 537. The number of hydrogen-bond acceptors (Lipinski definition) is 3. The number of carbonyl (C=O) groups is 1. The van der Waals surface area contributed by atoms with Crippen molar-refractivity contribution in [3.05, 3.63) is 24.3 Å². The Morgan fingerprint density at radius 2 is 1.88 bits per heavy atom. The van der Waals surface area contributed by atoms with Crippen LogP contribution in [0, 0.1) is 5.92 Å². The van der Waals surface area contributed by atoms with Crippen LogP contribution in [-0.2, 0) is 9.53 Å². The van der Waals surface area contributed by atoms with Crippen molar-refractivity contribution >= 4 is 17.3 Å². The zero-order valence-electron chi connectivity index (χ0n) is 15.5. The second-order valence-electron chi connectivity index (χ2n) is 7.58. The summed E-state index contributed by atoms with van der Waals surface area (Å²) in [6.07, 6.45) is 11.0. The molecule has 1 atom stereocenters. The number of methoxy groups -OCH3 is 1. The largest absolute Gasteiger partial charge is 0.380 e. The molecular formula is C21H32N2O2. The van der Waals surface area contributed by atoms with Gasteiger partial charge in [-0.2, -0.15) is 0 Å². The first-order valence-corrected chi connectivity index (χ1v) is 9.92. The smallest absolute Gasteiger partial charge is 0.224 e. The van der Waals surface area contributed by atoms with E-state index in [4.69, 9.17) is 4.74 Å². The fourth-order valence-electron chi connectivity index (χ4n) is 4.16. The summed E-state index contributed by atoms with van der Waals surface area (Å²) in [5.41, 5.74) is 2.11. The Morgan fingerprint density at radius 1 is 1.12 bits per heavy atom. The van der Waals surface area contributed by atoms with Crippen LogP contribution in [0.2, 0.25) is 0 Å². The number of carbonyl (C=O) groups excluding carboxylic acids is 1. The highest BCUT2D eigenvalue weighted by atomic mass is 16.5. The maximum Gasteiger partial charge on any atom is 0.224 e. The molecule has 1 amide bonds. The quantitative estimate of drug-likeness (QED) is 0.820. The highest BCUT2D eigenvalue weighted by Gasteiger charge is 2.19. The molecule has 1 aromatic rings. The van der Waals surface area contributed by atoms with Gasteiger partial charge < -0.3 is 15.0 Å². The number of amides is 1. The Morgan fingerprint density at radius 3 is 2.60 bits per heavy atom. The van der Waals surface area contributed by atoms with Crippen LogP contribution in [0.25, 0.3) is 0 Å². The predicted molar refractivity (Wildman–Crippen MR) is 103 cm³/mol. The summed E-state index contributed by atoms with van der Waals surface area (Å²) in [6, 6.07) is 8.25. The first kappa shape index (κ1) is 18.2. The average molecular weight is 344 g/mol. The van der Waals surface area contributed by atoms with Crippen molar-refractivity contribution < 1.29 is 9.53 Å². The van der Waals surface area contributed by atoms with Gasteiger partial charge in [0.1, 0.15) is 0 Å².